The van der Waals surface area contributed by atoms with Gasteiger partial charge in [0.05, 0.1) is 11.0 Å². The minimum atomic E-state index is 0.249. The minimum absolute atomic E-state index is 0.249. The van der Waals surface area contributed by atoms with E-state index in [1.807, 2.05) is 12.1 Å². The highest BCUT2D eigenvalue weighted by Crippen LogP contribution is 2.34. The number of aromatic amines is 1. The molecule has 0 bridgehead atoms. The molecule has 5 nitrogen and oxygen atoms in total. The molecule has 0 amide bonds. The van der Waals surface area contributed by atoms with Crippen LogP contribution < -0.4 is 15.2 Å². The lowest BCUT2D eigenvalue weighted by Gasteiger charge is -2.22. The van der Waals surface area contributed by atoms with Crippen molar-refractivity contribution in [3.05, 3.63) is 18.0 Å². The summed E-state index contributed by atoms with van der Waals surface area (Å²) in [5.74, 6) is 2.60. The number of imidazole rings is 1. The second-order valence-corrected chi connectivity index (χ2v) is 6.40. The van der Waals surface area contributed by atoms with Crippen LogP contribution in [0.3, 0.4) is 0 Å². The van der Waals surface area contributed by atoms with E-state index < -0.39 is 0 Å². The predicted octanol–water partition coefficient (Wildman–Crippen LogP) is 2.64. The van der Waals surface area contributed by atoms with Gasteiger partial charge >= 0.3 is 0 Å². The molecule has 0 aliphatic carbocycles. The summed E-state index contributed by atoms with van der Waals surface area (Å²) in [6.45, 7) is 6.44. The third-order valence-corrected chi connectivity index (χ3v) is 4.05. The Balaban J connectivity index is 1.78. The number of nitrogens with zero attached hydrogens (tertiary/aromatic N) is 1. The van der Waals surface area contributed by atoms with Crippen molar-refractivity contribution in [1.29, 1.82) is 0 Å². The zero-order valence-electron chi connectivity index (χ0n) is 12.7. The Morgan fingerprint density at radius 3 is 2.62 bits per heavy atom. The number of fused-ring (bicyclic) bond motifs is 2. The summed E-state index contributed by atoms with van der Waals surface area (Å²) in [7, 11) is 0. The third kappa shape index (κ3) is 3.13. The van der Waals surface area contributed by atoms with E-state index in [4.69, 9.17) is 15.2 Å². The van der Waals surface area contributed by atoms with Crippen molar-refractivity contribution in [2.45, 2.75) is 33.1 Å². The maximum atomic E-state index is 5.66. The number of hydrogen-bond donors (Lipinski definition) is 2. The molecule has 21 heavy (non-hydrogen) atoms. The molecule has 2 heterocycles. The zero-order chi connectivity index (χ0) is 14.9. The molecule has 0 spiro atoms. The van der Waals surface area contributed by atoms with Crippen molar-refractivity contribution in [1.82, 2.24) is 9.97 Å². The maximum Gasteiger partial charge on any atom is 0.163 e. The minimum Gasteiger partial charge on any atom is -0.486 e. The van der Waals surface area contributed by atoms with Gasteiger partial charge in [0.1, 0.15) is 19.0 Å². The Kier molecular flexibility index (Phi) is 3.76. The van der Waals surface area contributed by atoms with Gasteiger partial charge in [-0.25, -0.2) is 4.98 Å². The summed E-state index contributed by atoms with van der Waals surface area (Å²) in [6, 6.07) is 3.93. The number of ether oxygens (including phenoxy) is 2. The van der Waals surface area contributed by atoms with Crippen LogP contribution in [0.1, 0.15) is 32.5 Å². The lowest BCUT2D eigenvalue weighted by atomic mass is 9.84. The summed E-state index contributed by atoms with van der Waals surface area (Å²) in [6.07, 6.45) is 3.02. The molecule has 0 radical (unpaired) electrons. The average Bonchev–Trinajstić information content (AvgIpc) is 2.84. The van der Waals surface area contributed by atoms with Crippen molar-refractivity contribution in [2.24, 2.45) is 11.1 Å². The normalized spacial score (nSPS) is 14.6. The molecule has 1 aromatic heterocycles. The topological polar surface area (TPSA) is 73.2 Å². The fraction of sp³-hybridized carbons (Fsp3) is 0.562. The van der Waals surface area contributed by atoms with E-state index in [2.05, 4.69) is 23.8 Å². The summed E-state index contributed by atoms with van der Waals surface area (Å²) in [4.78, 5) is 8.04. The number of H-pyrrole nitrogens is 1. The Bertz CT molecular complexity index is 591. The maximum absolute atomic E-state index is 5.66. The lowest BCUT2D eigenvalue weighted by Crippen LogP contribution is -2.18. The molecule has 0 saturated heterocycles. The molecule has 1 aliphatic heterocycles. The molecule has 0 fully saturated rings. The summed E-state index contributed by atoms with van der Waals surface area (Å²) >= 11 is 0. The summed E-state index contributed by atoms with van der Waals surface area (Å²) in [5, 5.41) is 0. The number of rotatable bonds is 5. The second-order valence-electron chi connectivity index (χ2n) is 6.40. The average molecular weight is 289 g/mol. The van der Waals surface area contributed by atoms with Crippen LogP contribution in [0.15, 0.2) is 12.1 Å². The van der Waals surface area contributed by atoms with E-state index in [0.29, 0.717) is 13.2 Å². The quantitative estimate of drug-likeness (QED) is 0.887. The van der Waals surface area contributed by atoms with Gasteiger partial charge in [-0.2, -0.15) is 0 Å². The second kappa shape index (κ2) is 5.56. The van der Waals surface area contributed by atoms with Crippen molar-refractivity contribution in [3.63, 3.8) is 0 Å². The molecular weight excluding hydrogens is 266 g/mol. The van der Waals surface area contributed by atoms with Gasteiger partial charge < -0.3 is 20.2 Å². The molecule has 1 aromatic carbocycles. The number of benzene rings is 1. The first kappa shape index (κ1) is 14.2. The number of nitrogens with two attached hydrogens (primary N) is 1. The molecular formula is C16H23N3O2. The molecule has 0 unspecified atom stereocenters. The number of aromatic nitrogens is 2. The van der Waals surface area contributed by atoms with Crippen molar-refractivity contribution < 1.29 is 9.47 Å². The largest absolute Gasteiger partial charge is 0.486 e. The molecule has 2 aromatic rings. The molecule has 3 rings (SSSR count). The van der Waals surface area contributed by atoms with E-state index in [0.717, 1.165) is 54.2 Å². The van der Waals surface area contributed by atoms with Gasteiger partial charge in [0, 0.05) is 18.6 Å². The Morgan fingerprint density at radius 1 is 1.19 bits per heavy atom. The Labute approximate surface area is 124 Å². The van der Waals surface area contributed by atoms with Gasteiger partial charge in [0.2, 0.25) is 0 Å². The number of aryl methyl sites for hydroxylation is 1. The van der Waals surface area contributed by atoms with Gasteiger partial charge in [-0.15, -0.1) is 0 Å². The van der Waals surface area contributed by atoms with E-state index in [9.17, 15) is 0 Å². The molecule has 0 atom stereocenters. The first-order chi connectivity index (χ1) is 10.1. The van der Waals surface area contributed by atoms with Gasteiger partial charge in [-0.1, -0.05) is 13.8 Å². The van der Waals surface area contributed by atoms with Gasteiger partial charge in [-0.05, 0) is 24.8 Å². The number of nitrogens with one attached hydrogen (secondary N) is 1. The molecule has 3 N–H and O–H groups in total. The third-order valence-electron chi connectivity index (χ3n) is 4.05. The van der Waals surface area contributed by atoms with Crippen molar-refractivity contribution in [3.8, 4) is 11.5 Å². The highest BCUT2D eigenvalue weighted by molar-refractivity contribution is 5.79. The highest BCUT2D eigenvalue weighted by Gasteiger charge is 2.18. The van der Waals surface area contributed by atoms with Crippen LogP contribution in [0.2, 0.25) is 0 Å². The van der Waals surface area contributed by atoms with Crippen LogP contribution in [-0.2, 0) is 6.42 Å². The molecule has 1 aliphatic rings. The van der Waals surface area contributed by atoms with Gasteiger partial charge in [0.15, 0.2) is 11.5 Å². The monoisotopic (exact) mass is 289 g/mol. The zero-order valence-corrected chi connectivity index (χ0v) is 12.7. The standard InChI is InChI=1S/C16H23N3O2/c1-16(2,5-6-17)4-3-15-18-11-9-13-14(10-12(11)19-15)21-8-7-20-13/h9-10H,3-8,17H2,1-2H3,(H,18,19). The van der Waals surface area contributed by atoms with E-state index in [1.54, 1.807) is 0 Å². The molecule has 0 saturated carbocycles. The van der Waals surface area contributed by atoms with Crippen molar-refractivity contribution >= 4 is 11.0 Å². The van der Waals surface area contributed by atoms with Crippen molar-refractivity contribution in [2.75, 3.05) is 19.8 Å². The van der Waals surface area contributed by atoms with Crippen LogP contribution in [0.4, 0.5) is 0 Å². The van der Waals surface area contributed by atoms with Gasteiger partial charge in [0.25, 0.3) is 0 Å². The van der Waals surface area contributed by atoms with E-state index >= 15 is 0 Å². The molecule has 5 heteroatoms. The first-order valence-electron chi connectivity index (χ1n) is 7.56. The lowest BCUT2D eigenvalue weighted by molar-refractivity contribution is 0.172. The number of hydrogen-bond acceptors (Lipinski definition) is 4. The van der Waals surface area contributed by atoms with Gasteiger partial charge in [-0.3, -0.25) is 0 Å². The Morgan fingerprint density at radius 2 is 1.90 bits per heavy atom. The van der Waals surface area contributed by atoms with E-state index in [-0.39, 0.29) is 5.41 Å². The molecule has 114 valence electrons. The van der Waals surface area contributed by atoms with Crippen LogP contribution in [0, 0.1) is 5.41 Å². The summed E-state index contributed by atoms with van der Waals surface area (Å²) in [5.41, 5.74) is 7.85. The predicted molar refractivity (Wildman–Crippen MR) is 82.9 cm³/mol. The SMILES string of the molecule is CC(C)(CCN)CCc1nc2cc3c(cc2[nH]1)OCCO3. The highest BCUT2D eigenvalue weighted by atomic mass is 16.6. The van der Waals surface area contributed by atoms with Crippen LogP contribution >= 0.6 is 0 Å². The van der Waals surface area contributed by atoms with Crippen LogP contribution in [-0.4, -0.2) is 29.7 Å². The van der Waals surface area contributed by atoms with E-state index in [1.165, 1.54) is 0 Å². The smallest absolute Gasteiger partial charge is 0.163 e. The summed E-state index contributed by atoms with van der Waals surface area (Å²) < 4.78 is 11.2. The fourth-order valence-electron chi connectivity index (χ4n) is 2.69. The van der Waals surface area contributed by atoms with Crippen LogP contribution in [0.25, 0.3) is 11.0 Å². The Hall–Kier alpha value is -1.75. The van der Waals surface area contributed by atoms with Crippen LogP contribution in [0.5, 0.6) is 11.5 Å². The first-order valence-corrected chi connectivity index (χ1v) is 7.56. The fourth-order valence-corrected chi connectivity index (χ4v) is 2.69.